The number of thioether (sulfide) groups is 1. The van der Waals surface area contributed by atoms with Crippen LogP contribution in [0.3, 0.4) is 0 Å². The number of hydrogen-bond acceptors (Lipinski definition) is 6. The van der Waals surface area contributed by atoms with Crippen LogP contribution in [0.15, 0.2) is 22.5 Å². The summed E-state index contributed by atoms with van der Waals surface area (Å²) >= 11 is 2.63. The molecule has 1 heterocycles. The van der Waals surface area contributed by atoms with Gasteiger partial charge in [-0.2, -0.15) is 0 Å². The maximum atomic E-state index is 13.1. The normalized spacial score (nSPS) is 12.0. The van der Waals surface area contributed by atoms with E-state index in [4.69, 9.17) is 0 Å². The number of nitrogens with zero attached hydrogens (tertiary/aromatic N) is 2. The number of rotatable bonds is 7. The molecule has 2 aromatic rings. The van der Waals surface area contributed by atoms with Crippen molar-refractivity contribution in [3.63, 3.8) is 0 Å². The third-order valence-corrected chi connectivity index (χ3v) is 4.83. The number of amides is 1. The first-order chi connectivity index (χ1) is 11.0. The summed E-state index contributed by atoms with van der Waals surface area (Å²) < 4.78 is 26.7. The number of carbonyl (C=O) groups excluding carboxylic acids is 1. The summed E-state index contributed by atoms with van der Waals surface area (Å²) in [6, 6.07) is 3.23. The Kier molecular flexibility index (Phi) is 6.28. The first kappa shape index (κ1) is 17.6. The lowest BCUT2D eigenvalue weighted by molar-refractivity contribution is -0.115. The van der Waals surface area contributed by atoms with Gasteiger partial charge in [0, 0.05) is 18.3 Å². The molecule has 23 heavy (non-hydrogen) atoms. The van der Waals surface area contributed by atoms with Gasteiger partial charge in [0.15, 0.2) is 16.0 Å². The molecule has 0 aliphatic carbocycles. The molecule has 0 spiro atoms. The van der Waals surface area contributed by atoms with E-state index < -0.39 is 16.9 Å². The lowest BCUT2D eigenvalue weighted by atomic mass is 10.3. The molecule has 0 aliphatic rings. The second kappa shape index (κ2) is 8.21. The van der Waals surface area contributed by atoms with Crippen LogP contribution in [-0.2, 0) is 4.79 Å². The Balaban J connectivity index is 1.91. The molecule has 0 bridgehead atoms. The molecule has 2 rings (SSSR count). The quantitative estimate of drug-likeness (QED) is 0.738. The van der Waals surface area contributed by atoms with Crippen LogP contribution in [0.2, 0.25) is 0 Å². The molecule has 0 saturated carbocycles. The van der Waals surface area contributed by atoms with E-state index in [1.807, 2.05) is 6.92 Å². The van der Waals surface area contributed by atoms with Gasteiger partial charge in [-0.15, -0.1) is 10.2 Å². The van der Waals surface area contributed by atoms with Crippen molar-refractivity contribution < 1.29 is 13.6 Å². The van der Waals surface area contributed by atoms with E-state index in [1.165, 1.54) is 29.2 Å². The van der Waals surface area contributed by atoms with Crippen molar-refractivity contribution in [1.29, 1.82) is 0 Å². The fourth-order valence-corrected chi connectivity index (χ4v) is 3.50. The maximum absolute atomic E-state index is 13.1. The number of benzene rings is 1. The maximum Gasteiger partial charge on any atom is 0.237 e. The van der Waals surface area contributed by atoms with Crippen molar-refractivity contribution in [2.24, 2.45) is 0 Å². The highest BCUT2D eigenvalue weighted by Crippen LogP contribution is 2.29. The van der Waals surface area contributed by atoms with Gasteiger partial charge < -0.3 is 10.6 Å². The Bertz CT molecular complexity index is 681. The summed E-state index contributed by atoms with van der Waals surface area (Å²) in [5.41, 5.74) is 0.212. The molecule has 0 unspecified atom stereocenters. The minimum absolute atomic E-state index is 0.212. The monoisotopic (exact) mass is 358 g/mol. The molecule has 1 amide bonds. The summed E-state index contributed by atoms with van der Waals surface area (Å²) in [6.07, 6.45) is 0.981. The van der Waals surface area contributed by atoms with Crippen molar-refractivity contribution in [2.45, 2.75) is 29.9 Å². The van der Waals surface area contributed by atoms with Crippen molar-refractivity contribution >= 4 is 39.8 Å². The topological polar surface area (TPSA) is 66.9 Å². The third-order valence-electron chi connectivity index (χ3n) is 2.77. The van der Waals surface area contributed by atoms with Crippen molar-refractivity contribution in [2.75, 3.05) is 17.2 Å². The minimum atomic E-state index is -1.00. The van der Waals surface area contributed by atoms with E-state index in [1.54, 1.807) is 6.92 Å². The van der Waals surface area contributed by atoms with Crippen LogP contribution in [0, 0.1) is 11.6 Å². The second-order valence-corrected chi connectivity index (χ2v) is 7.24. The molecular formula is C14H16F2N4OS2. The predicted molar refractivity (Wildman–Crippen MR) is 89.0 cm³/mol. The highest BCUT2D eigenvalue weighted by atomic mass is 32.2. The number of hydrogen-bond donors (Lipinski definition) is 2. The smallest absolute Gasteiger partial charge is 0.237 e. The largest absolute Gasteiger partial charge is 0.360 e. The number of anilines is 2. The first-order valence-corrected chi connectivity index (χ1v) is 8.69. The van der Waals surface area contributed by atoms with Crippen molar-refractivity contribution in [3.8, 4) is 0 Å². The van der Waals surface area contributed by atoms with Gasteiger partial charge in [0.25, 0.3) is 0 Å². The summed E-state index contributed by atoms with van der Waals surface area (Å²) in [5.74, 6) is -2.27. The van der Waals surface area contributed by atoms with Gasteiger partial charge in [0.2, 0.25) is 11.0 Å². The standard InChI is InChI=1S/C14H16F2N4OS2/c1-3-6-17-13-19-20-14(23-13)22-8(2)12(21)18-9-4-5-10(15)11(16)7-9/h4-5,7-8H,3,6H2,1-2H3,(H,17,19)(H,18,21)/t8-/m0/s1. The molecule has 0 saturated heterocycles. The van der Waals surface area contributed by atoms with Gasteiger partial charge in [0.1, 0.15) is 0 Å². The van der Waals surface area contributed by atoms with E-state index in [2.05, 4.69) is 20.8 Å². The molecule has 5 nitrogen and oxygen atoms in total. The Labute approximate surface area is 140 Å². The zero-order valence-electron chi connectivity index (χ0n) is 12.6. The van der Waals surface area contributed by atoms with Gasteiger partial charge in [-0.25, -0.2) is 8.78 Å². The molecule has 0 radical (unpaired) electrons. The lowest BCUT2D eigenvalue weighted by Crippen LogP contribution is -2.22. The highest BCUT2D eigenvalue weighted by Gasteiger charge is 2.18. The molecule has 1 atom stereocenters. The third kappa shape index (κ3) is 5.14. The average Bonchev–Trinajstić information content (AvgIpc) is 2.96. The molecule has 1 aromatic heterocycles. The first-order valence-electron chi connectivity index (χ1n) is 6.99. The van der Waals surface area contributed by atoms with E-state index >= 15 is 0 Å². The Morgan fingerprint density at radius 1 is 1.35 bits per heavy atom. The summed E-state index contributed by atoms with van der Waals surface area (Å²) in [6.45, 7) is 4.57. The van der Waals surface area contributed by atoms with Crippen LogP contribution in [0.5, 0.6) is 0 Å². The SMILES string of the molecule is CCCNc1nnc(S[C@@H](C)C(=O)Nc2ccc(F)c(F)c2)s1. The Morgan fingerprint density at radius 2 is 2.13 bits per heavy atom. The van der Waals surface area contributed by atoms with Crippen LogP contribution in [-0.4, -0.2) is 27.9 Å². The van der Waals surface area contributed by atoms with Crippen molar-refractivity contribution in [1.82, 2.24) is 10.2 Å². The fraction of sp³-hybridized carbons (Fsp3) is 0.357. The molecule has 0 aliphatic heterocycles. The van der Waals surface area contributed by atoms with E-state index in [0.717, 1.165) is 25.1 Å². The number of carbonyl (C=O) groups is 1. The molecule has 1 aromatic carbocycles. The summed E-state index contributed by atoms with van der Waals surface area (Å²) in [5, 5.41) is 13.9. The van der Waals surface area contributed by atoms with Gasteiger partial charge in [-0.3, -0.25) is 4.79 Å². The minimum Gasteiger partial charge on any atom is -0.360 e. The van der Waals surface area contributed by atoms with Gasteiger partial charge in [-0.1, -0.05) is 30.0 Å². The van der Waals surface area contributed by atoms with E-state index in [0.29, 0.717) is 9.47 Å². The zero-order chi connectivity index (χ0) is 16.8. The Morgan fingerprint density at radius 3 is 2.83 bits per heavy atom. The van der Waals surface area contributed by atoms with Gasteiger partial charge in [0.05, 0.1) is 5.25 Å². The average molecular weight is 358 g/mol. The van der Waals surface area contributed by atoms with Gasteiger partial charge in [-0.05, 0) is 25.5 Å². The lowest BCUT2D eigenvalue weighted by Gasteiger charge is -2.10. The second-order valence-electron chi connectivity index (χ2n) is 4.68. The number of halogens is 2. The molecule has 2 N–H and O–H groups in total. The summed E-state index contributed by atoms with van der Waals surface area (Å²) in [4.78, 5) is 12.1. The molecule has 124 valence electrons. The fourth-order valence-electron chi connectivity index (χ4n) is 1.58. The van der Waals surface area contributed by atoms with Crippen molar-refractivity contribution in [3.05, 3.63) is 29.8 Å². The molecular weight excluding hydrogens is 342 g/mol. The highest BCUT2D eigenvalue weighted by molar-refractivity contribution is 8.02. The van der Waals surface area contributed by atoms with Gasteiger partial charge >= 0.3 is 0 Å². The van der Waals surface area contributed by atoms with Crippen LogP contribution < -0.4 is 10.6 Å². The van der Waals surface area contributed by atoms with E-state index in [-0.39, 0.29) is 11.6 Å². The van der Waals surface area contributed by atoms with E-state index in [9.17, 15) is 13.6 Å². The predicted octanol–water partition coefficient (Wildman–Crippen LogP) is 3.76. The van der Waals surface area contributed by atoms with Crippen LogP contribution in [0.25, 0.3) is 0 Å². The number of nitrogens with one attached hydrogen (secondary N) is 2. The number of aromatic nitrogens is 2. The van der Waals surface area contributed by atoms with Crippen LogP contribution >= 0.6 is 23.1 Å². The molecule has 9 heteroatoms. The molecule has 0 fully saturated rings. The van der Waals surface area contributed by atoms with Crippen LogP contribution in [0.1, 0.15) is 20.3 Å². The Hall–Kier alpha value is -1.74. The zero-order valence-corrected chi connectivity index (χ0v) is 14.2. The summed E-state index contributed by atoms with van der Waals surface area (Å²) in [7, 11) is 0. The van der Waals surface area contributed by atoms with Crippen LogP contribution in [0.4, 0.5) is 19.6 Å².